The Hall–Kier alpha value is -4.65. The van der Waals surface area contributed by atoms with E-state index in [1.165, 1.54) is 11.9 Å². The highest BCUT2D eigenvalue weighted by molar-refractivity contribution is 9.10. The lowest BCUT2D eigenvalue weighted by molar-refractivity contribution is 0.0357. The average molecular weight is 685 g/mol. The molecule has 3 aromatic carbocycles. The Balaban J connectivity index is 1.07. The van der Waals surface area contributed by atoms with Gasteiger partial charge in [0.25, 0.3) is 5.91 Å². The van der Waals surface area contributed by atoms with Crippen molar-refractivity contribution in [3.8, 4) is 11.5 Å². The Morgan fingerprint density at radius 1 is 0.978 bits per heavy atom. The molecule has 0 atom stereocenters. The maximum atomic E-state index is 12.9. The van der Waals surface area contributed by atoms with Gasteiger partial charge in [-0.05, 0) is 42.2 Å². The molecular formula is C34H34BrN7O4. The molecule has 5 aromatic rings. The predicted octanol–water partition coefficient (Wildman–Crippen LogP) is 5.88. The van der Waals surface area contributed by atoms with Crippen LogP contribution in [0.3, 0.4) is 0 Å². The van der Waals surface area contributed by atoms with Crippen molar-refractivity contribution in [1.29, 1.82) is 0 Å². The van der Waals surface area contributed by atoms with Crippen molar-refractivity contribution in [3.63, 3.8) is 0 Å². The molecule has 0 aliphatic carbocycles. The molecule has 46 heavy (non-hydrogen) atoms. The molecule has 1 fully saturated rings. The van der Waals surface area contributed by atoms with Gasteiger partial charge in [0.1, 0.15) is 12.1 Å². The van der Waals surface area contributed by atoms with Gasteiger partial charge < -0.3 is 19.5 Å². The van der Waals surface area contributed by atoms with Gasteiger partial charge in [0, 0.05) is 41.1 Å². The largest absolute Gasteiger partial charge is 0.493 e. The maximum absolute atomic E-state index is 12.9. The van der Waals surface area contributed by atoms with Crippen molar-refractivity contribution in [2.24, 2.45) is 0 Å². The van der Waals surface area contributed by atoms with E-state index in [1.807, 2.05) is 36.4 Å². The van der Waals surface area contributed by atoms with Crippen molar-refractivity contribution in [2.75, 3.05) is 57.2 Å². The number of halogens is 1. The minimum Gasteiger partial charge on any atom is -0.493 e. The van der Waals surface area contributed by atoms with Crippen molar-refractivity contribution in [3.05, 3.63) is 101 Å². The van der Waals surface area contributed by atoms with Gasteiger partial charge in [0.2, 0.25) is 5.95 Å². The number of nitrogens with zero attached hydrogens (tertiary/aromatic N) is 5. The Labute approximate surface area is 275 Å². The first kappa shape index (κ1) is 31.3. The van der Waals surface area contributed by atoms with Crippen LogP contribution in [-0.4, -0.2) is 77.3 Å². The zero-order valence-electron chi connectivity index (χ0n) is 25.4. The van der Waals surface area contributed by atoms with E-state index in [0.717, 1.165) is 61.1 Å². The molecule has 12 heteroatoms. The quantitative estimate of drug-likeness (QED) is 0.154. The molecule has 11 nitrogen and oxygen atoms in total. The van der Waals surface area contributed by atoms with Crippen molar-refractivity contribution in [1.82, 2.24) is 24.8 Å². The van der Waals surface area contributed by atoms with Crippen molar-refractivity contribution < 1.29 is 19.0 Å². The van der Waals surface area contributed by atoms with Crippen LogP contribution in [0.25, 0.3) is 10.9 Å². The molecule has 0 spiro atoms. The van der Waals surface area contributed by atoms with Gasteiger partial charge >= 0.3 is 0 Å². The number of ether oxygens (including phenoxy) is 3. The number of benzene rings is 3. The lowest BCUT2D eigenvalue weighted by atomic mass is 10.0. The molecule has 3 heterocycles. The third-order valence-corrected chi connectivity index (χ3v) is 8.33. The molecule has 1 amide bonds. The van der Waals surface area contributed by atoms with Gasteiger partial charge in [-0.1, -0.05) is 52.3 Å². The number of morpholine rings is 1. The molecule has 0 bridgehead atoms. The second-order valence-corrected chi connectivity index (χ2v) is 11.6. The van der Waals surface area contributed by atoms with Gasteiger partial charge in [-0.25, -0.2) is 19.9 Å². The predicted molar refractivity (Wildman–Crippen MR) is 180 cm³/mol. The Morgan fingerprint density at radius 3 is 2.54 bits per heavy atom. The van der Waals surface area contributed by atoms with Crippen molar-refractivity contribution >= 4 is 50.2 Å². The van der Waals surface area contributed by atoms with Gasteiger partial charge in [0.05, 0.1) is 50.5 Å². The monoisotopic (exact) mass is 683 g/mol. The van der Waals surface area contributed by atoms with Crippen LogP contribution in [0.5, 0.6) is 11.5 Å². The van der Waals surface area contributed by atoms with Crippen LogP contribution in [0.1, 0.15) is 27.9 Å². The zero-order chi connectivity index (χ0) is 31.7. The summed E-state index contributed by atoms with van der Waals surface area (Å²) in [6.07, 6.45) is 6.31. The fraction of sp³-hybridized carbons (Fsp3) is 0.265. The summed E-state index contributed by atoms with van der Waals surface area (Å²) in [5.41, 5.74) is 4.07. The second-order valence-electron chi connectivity index (χ2n) is 10.7. The van der Waals surface area contributed by atoms with Gasteiger partial charge in [0.15, 0.2) is 11.5 Å². The summed E-state index contributed by atoms with van der Waals surface area (Å²) in [5, 5.41) is 6.76. The highest BCUT2D eigenvalue weighted by Crippen LogP contribution is 2.35. The number of methoxy groups -OCH3 is 1. The first-order valence-corrected chi connectivity index (χ1v) is 15.8. The van der Waals surface area contributed by atoms with Crippen LogP contribution in [0.15, 0.2) is 83.9 Å². The molecule has 6 rings (SSSR count). The van der Waals surface area contributed by atoms with Crippen LogP contribution in [0.2, 0.25) is 0 Å². The summed E-state index contributed by atoms with van der Waals surface area (Å²) in [4.78, 5) is 32.8. The molecule has 1 saturated heterocycles. The SMILES string of the molecule is COc1cc2c(Nc3cnc(NC(=O)c4ccc(Cc5ccccc5)c(Br)c4)nc3)ncnc2cc1OCCCN1CCOCC1. The summed E-state index contributed by atoms with van der Waals surface area (Å²) in [7, 11) is 1.61. The summed E-state index contributed by atoms with van der Waals surface area (Å²) < 4.78 is 18.0. The molecule has 0 radical (unpaired) electrons. The fourth-order valence-corrected chi connectivity index (χ4v) is 5.67. The molecule has 2 N–H and O–H groups in total. The summed E-state index contributed by atoms with van der Waals surface area (Å²) in [6, 6.07) is 19.4. The maximum Gasteiger partial charge on any atom is 0.258 e. The second kappa shape index (κ2) is 15.1. The number of carbonyl (C=O) groups excluding carboxylic acids is 1. The van der Waals surface area contributed by atoms with Crippen LogP contribution in [0.4, 0.5) is 17.5 Å². The number of aromatic nitrogens is 4. The van der Waals surface area contributed by atoms with Crippen LogP contribution >= 0.6 is 15.9 Å². The minimum absolute atomic E-state index is 0.185. The number of nitrogens with one attached hydrogen (secondary N) is 2. The van der Waals surface area contributed by atoms with Gasteiger partial charge in [-0.3, -0.25) is 15.0 Å². The molecule has 0 unspecified atom stereocenters. The summed E-state index contributed by atoms with van der Waals surface area (Å²) in [5.74, 6) is 1.65. The number of hydrogen-bond donors (Lipinski definition) is 2. The van der Waals surface area contributed by atoms with E-state index in [2.05, 4.69) is 63.5 Å². The third kappa shape index (κ3) is 7.94. The molecule has 0 saturated carbocycles. The molecule has 236 valence electrons. The summed E-state index contributed by atoms with van der Waals surface area (Å²) in [6.45, 7) is 5.00. The lowest BCUT2D eigenvalue weighted by Gasteiger charge is -2.26. The topological polar surface area (TPSA) is 124 Å². The standard InChI is InChI=1S/C34H34BrN7O4/c1-44-30-18-27-29(19-31(30)46-13-5-10-42-11-14-45-15-12-42)38-22-39-32(27)40-26-20-36-34(37-21-26)41-33(43)25-9-8-24(28(35)17-25)16-23-6-3-2-4-7-23/h2-4,6-9,17-22H,5,10-16H2,1H3,(H,38,39,40)(H,36,37,41,43). The summed E-state index contributed by atoms with van der Waals surface area (Å²) >= 11 is 3.61. The van der Waals surface area contributed by atoms with Crippen LogP contribution in [0, 0.1) is 0 Å². The Bertz CT molecular complexity index is 1780. The van der Waals surface area contributed by atoms with Gasteiger partial charge in [-0.2, -0.15) is 0 Å². The Kier molecular flexibility index (Phi) is 10.3. The number of amides is 1. The molecule has 1 aliphatic rings. The van der Waals surface area contributed by atoms with E-state index >= 15 is 0 Å². The fourth-order valence-electron chi connectivity index (χ4n) is 5.15. The average Bonchev–Trinajstić information content (AvgIpc) is 3.09. The third-order valence-electron chi connectivity index (χ3n) is 7.59. The smallest absolute Gasteiger partial charge is 0.258 e. The molecule has 1 aliphatic heterocycles. The number of fused-ring (bicyclic) bond motifs is 1. The Morgan fingerprint density at radius 2 is 1.78 bits per heavy atom. The lowest BCUT2D eigenvalue weighted by Crippen LogP contribution is -2.37. The number of rotatable bonds is 12. The first-order valence-electron chi connectivity index (χ1n) is 15.0. The van der Waals surface area contributed by atoms with Crippen LogP contribution < -0.4 is 20.1 Å². The van der Waals surface area contributed by atoms with Crippen molar-refractivity contribution in [2.45, 2.75) is 12.8 Å². The first-order chi connectivity index (χ1) is 22.6. The van der Waals surface area contributed by atoms with E-state index < -0.39 is 0 Å². The van der Waals surface area contributed by atoms with E-state index in [9.17, 15) is 4.79 Å². The molecule has 2 aromatic heterocycles. The van der Waals surface area contributed by atoms with E-state index in [0.29, 0.717) is 40.7 Å². The molecular weight excluding hydrogens is 650 g/mol. The normalized spacial score (nSPS) is 13.3. The zero-order valence-corrected chi connectivity index (χ0v) is 27.0. The van der Waals surface area contributed by atoms with Gasteiger partial charge in [-0.15, -0.1) is 0 Å². The van der Waals surface area contributed by atoms with E-state index in [1.54, 1.807) is 31.6 Å². The highest BCUT2D eigenvalue weighted by atomic mass is 79.9. The number of anilines is 3. The van der Waals surface area contributed by atoms with Crippen LogP contribution in [-0.2, 0) is 11.2 Å². The highest BCUT2D eigenvalue weighted by Gasteiger charge is 2.15. The van der Waals surface area contributed by atoms with E-state index in [4.69, 9.17) is 14.2 Å². The number of hydrogen-bond acceptors (Lipinski definition) is 10. The van der Waals surface area contributed by atoms with E-state index in [-0.39, 0.29) is 11.9 Å². The minimum atomic E-state index is -0.305. The number of carbonyl (C=O) groups is 1.